The molecule has 3 atom stereocenters. The van der Waals surface area contributed by atoms with Gasteiger partial charge in [-0.3, -0.25) is 0 Å². The molecule has 2 fully saturated rings. The Morgan fingerprint density at radius 2 is 0.944 bits per heavy atom. The molecular weight excluding hydrogens is 503 g/mol. The Morgan fingerprint density at radius 1 is 0.611 bits per heavy atom. The molecule has 0 amide bonds. The maximum absolute atomic E-state index is 15.1. The lowest BCUT2D eigenvalue weighted by molar-refractivity contribution is -0.470. The number of benzene rings is 2. The predicted molar refractivity (Wildman–Crippen MR) is 113 cm³/mol. The molecule has 0 heterocycles. The van der Waals surface area contributed by atoms with E-state index in [1.807, 2.05) is 0 Å². The number of nitrogens with zero attached hydrogens (tertiary/aromatic N) is 1. The third-order valence-electron chi connectivity index (χ3n) is 8.57. The van der Waals surface area contributed by atoms with Crippen LogP contribution in [0.15, 0.2) is 0 Å². The molecule has 195 valence electrons. The van der Waals surface area contributed by atoms with E-state index in [4.69, 9.17) is 0 Å². The summed E-state index contributed by atoms with van der Waals surface area (Å²) in [6.07, 6.45) is 0.850. The van der Waals surface area contributed by atoms with Crippen molar-refractivity contribution in [3.05, 3.63) is 58.2 Å². The highest BCUT2D eigenvalue weighted by atomic mass is 19.2. The number of halogens is 10. The van der Waals surface area contributed by atoms with Gasteiger partial charge in [0.05, 0.1) is 0 Å². The third-order valence-corrected chi connectivity index (χ3v) is 8.57. The van der Waals surface area contributed by atoms with Crippen LogP contribution in [-0.2, 0) is 0 Å². The van der Waals surface area contributed by atoms with Gasteiger partial charge in [-0.15, -0.1) is 5.82 Å². The first kappa shape index (κ1) is 26.5. The Bertz CT molecular complexity index is 1210. The second kappa shape index (κ2) is 8.24. The van der Waals surface area contributed by atoms with E-state index in [0.29, 0.717) is 18.6 Å². The Labute approximate surface area is 200 Å². The zero-order valence-electron chi connectivity index (χ0n) is 19.9. The van der Waals surface area contributed by atoms with E-state index < -0.39 is 98.4 Å². The summed E-state index contributed by atoms with van der Waals surface area (Å²) >= 11 is 0. The van der Waals surface area contributed by atoms with Crippen molar-refractivity contribution in [3.63, 3.8) is 0 Å². The number of hydrogen-bond donors (Lipinski definition) is 0. The lowest BCUT2D eigenvalue weighted by atomic mass is 9.30. The lowest BCUT2D eigenvalue weighted by Gasteiger charge is -2.42. The molecule has 2 aliphatic carbocycles. The highest BCUT2D eigenvalue weighted by Crippen LogP contribution is 2.68. The average molecular weight is 524 g/mol. The molecule has 0 N–H and O–H groups in total. The van der Waals surface area contributed by atoms with Gasteiger partial charge in [0.1, 0.15) is 43.1 Å². The predicted octanol–water partition coefficient (Wildman–Crippen LogP) is 5.23. The summed E-state index contributed by atoms with van der Waals surface area (Å²) in [5.74, 6) is -26.2. The van der Waals surface area contributed by atoms with Crippen LogP contribution in [0.4, 0.5) is 43.9 Å². The molecule has 2 saturated carbocycles. The van der Waals surface area contributed by atoms with Crippen molar-refractivity contribution in [2.45, 2.75) is 39.4 Å². The smallest absolute Gasteiger partial charge is 0.200 e. The van der Waals surface area contributed by atoms with E-state index in [9.17, 15) is 26.3 Å². The number of rotatable bonds is 3. The van der Waals surface area contributed by atoms with E-state index in [1.165, 1.54) is 18.7 Å². The molecule has 12 heteroatoms. The van der Waals surface area contributed by atoms with Crippen LogP contribution in [-0.4, -0.2) is 31.1 Å². The molecule has 4 rings (SSSR count). The molecule has 36 heavy (non-hydrogen) atoms. The van der Waals surface area contributed by atoms with E-state index in [2.05, 4.69) is 0 Å². The third kappa shape index (κ3) is 3.14. The van der Waals surface area contributed by atoms with Crippen molar-refractivity contribution in [2.75, 3.05) is 14.1 Å². The molecule has 2 bridgehead atoms. The lowest BCUT2D eigenvalue weighted by Crippen LogP contribution is -2.57. The molecule has 0 unspecified atom stereocenters. The quantitative estimate of drug-likeness (QED) is 0.170. The molecule has 0 aromatic heterocycles. The Hall–Kier alpha value is -2.53. The van der Waals surface area contributed by atoms with Crippen LogP contribution in [0.25, 0.3) is 0 Å². The van der Waals surface area contributed by atoms with Crippen LogP contribution >= 0.6 is 0 Å². The highest BCUT2D eigenvalue weighted by molar-refractivity contribution is 6.89. The minimum Gasteiger partial charge on any atom is -0.245 e. The van der Waals surface area contributed by atoms with Crippen molar-refractivity contribution in [1.29, 1.82) is 0 Å². The second-order valence-electron chi connectivity index (χ2n) is 10.4. The minimum atomic E-state index is -2.51. The van der Waals surface area contributed by atoms with Crippen LogP contribution < -0.4 is 10.9 Å². The number of hydrogen-bond acceptors (Lipinski definition) is 0. The van der Waals surface area contributed by atoms with E-state index in [1.54, 1.807) is 20.8 Å². The largest absolute Gasteiger partial charge is 0.245 e. The van der Waals surface area contributed by atoms with Crippen LogP contribution in [0.3, 0.4) is 0 Å². The molecular formula is C24H21BF10N. The number of fused-ring (bicyclic) bond motifs is 2. The maximum atomic E-state index is 15.1. The summed E-state index contributed by atoms with van der Waals surface area (Å²) in [5.41, 5.74) is -4.43. The van der Waals surface area contributed by atoms with Gasteiger partial charge in [0, 0.05) is 5.41 Å². The summed E-state index contributed by atoms with van der Waals surface area (Å²) in [6.45, 7) is 2.93. The summed E-state index contributed by atoms with van der Waals surface area (Å²) in [7, 11) is 3.05. The normalized spacial score (nSPS) is 24.8. The molecule has 0 aliphatic heterocycles. The Balaban J connectivity index is 2.20. The van der Waals surface area contributed by atoms with E-state index in [-0.39, 0.29) is 0 Å². The fourth-order valence-corrected chi connectivity index (χ4v) is 6.66. The Morgan fingerprint density at radius 3 is 1.28 bits per heavy atom. The Kier molecular flexibility index (Phi) is 6.08. The van der Waals surface area contributed by atoms with Crippen LogP contribution in [0, 0.1) is 74.9 Å². The molecule has 0 spiro atoms. The van der Waals surface area contributed by atoms with Crippen LogP contribution in [0.2, 0.25) is 5.82 Å². The van der Waals surface area contributed by atoms with Crippen molar-refractivity contribution < 1.29 is 48.5 Å². The summed E-state index contributed by atoms with van der Waals surface area (Å²) < 4.78 is 147. The topological polar surface area (TPSA) is 3.01 Å². The maximum Gasteiger partial charge on any atom is 0.200 e. The first-order valence-corrected chi connectivity index (χ1v) is 11.1. The van der Waals surface area contributed by atoms with Crippen molar-refractivity contribution in [2.24, 2.45) is 16.7 Å². The summed E-state index contributed by atoms with van der Waals surface area (Å²) in [6, 6.07) is 0. The van der Waals surface area contributed by atoms with Gasteiger partial charge >= 0.3 is 0 Å². The van der Waals surface area contributed by atoms with Crippen molar-refractivity contribution in [3.8, 4) is 0 Å². The zero-order valence-corrected chi connectivity index (χ0v) is 19.9. The van der Waals surface area contributed by atoms with Gasteiger partial charge in [-0.25, -0.2) is 48.5 Å². The van der Waals surface area contributed by atoms with Gasteiger partial charge in [0.2, 0.25) is 0 Å². The molecule has 2 aromatic rings. The summed E-state index contributed by atoms with van der Waals surface area (Å²) in [4.78, 5) is 0. The molecule has 2 aliphatic rings. The van der Waals surface area contributed by atoms with Crippen molar-refractivity contribution in [1.82, 2.24) is 0 Å². The standard InChI is InChI=1S/C24H21BF10N/c1-23(2)8-6-7-24(23,3)22(36(4)5)9(8)25(10-12(26)16(30)20(34)17(31)13(10)27)11-14(28)18(32)21(35)19(33)15(11)29/h8-9H,6-7H2,1-5H3/t8-,9-,24+/m1/s1. The zero-order chi connectivity index (χ0) is 27.2. The minimum absolute atomic E-state index is 0.326. The van der Waals surface area contributed by atoms with Crippen LogP contribution in [0.5, 0.6) is 0 Å². The summed E-state index contributed by atoms with van der Waals surface area (Å²) in [5, 5.41) is 0. The van der Waals surface area contributed by atoms with E-state index >= 15 is 17.6 Å². The van der Waals surface area contributed by atoms with Gasteiger partial charge in [-0.05, 0) is 25.5 Å². The first-order valence-electron chi connectivity index (χ1n) is 11.1. The average Bonchev–Trinajstić information content (AvgIpc) is 3.15. The SMILES string of the molecule is C[N+](C)=C1[C@H]([B-](c2c(F)c(F)c(F)c(F)c2F)c2c(F)c(F)c(F)c(F)c2F)[C@H]2CC[C@]1(C)C2(C)C. The van der Waals surface area contributed by atoms with Gasteiger partial charge < -0.3 is 0 Å². The van der Waals surface area contributed by atoms with Crippen molar-refractivity contribution >= 4 is 23.4 Å². The molecule has 2 aromatic carbocycles. The van der Waals surface area contributed by atoms with Gasteiger partial charge in [0.15, 0.2) is 34.9 Å². The van der Waals surface area contributed by atoms with Gasteiger partial charge in [-0.2, -0.15) is 10.9 Å². The second-order valence-corrected chi connectivity index (χ2v) is 10.4. The first-order chi connectivity index (χ1) is 16.5. The van der Waals surface area contributed by atoms with Crippen LogP contribution in [0.1, 0.15) is 33.6 Å². The molecule has 1 radical (unpaired) electrons. The highest BCUT2D eigenvalue weighted by Gasteiger charge is 2.66. The van der Waals surface area contributed by atoms with Gasteiger partial charge in [-0.1, -0.05) is 26.2 Å². The van der Waals surface area contributed by atoms with E-state index in [0.717, 1.165) is 0 Å². The monoisotopic (exact) mass is 524 g/mol. The molecule has 0 saturated heterocycles. The fraction of sp³-hybridized carbons (Fsp3) is 0.458. The van der Waals surface area contributed by atoms with Gasteiger partial charge in [0.25, 0.3) is 0 Å². The fourth-order valence-electron chi connectivity index (χ4n) is 6.66. The molecule has 1 nitrogen and oxygen atoms in total.